The van der Waals surface area contributed by atoms with Gasteiger partial charge in [-0.1, -0.05) is 18.2 Å². The van der Waals surface area contributed by atoms with E-state index in [9.17, 15) is 9.18 Å². The van der Waals surface area contributed by atoms with E-state index in [0.717, 1.165) is 0 Å². The average molecular weight is 341 g/mol. The second-order valence-corrected chi connectivity index (χ2v) is 5.13. The molecule has 0 saturated carbocycles. The number of rotatable bonds is 6. The van der Waals surface area contributed by atoms with Gasteiger partial charge in [-0.05, 0) is 30.3 Å². The van der Waals surface area contributed by atoms with Crippen LogP contribution >= 0.6 is 0 Å². The summed E-state index contributed by atoms with van der Waals surface area (Å²) in [4.78, 5) is 12.2. The highest BCUT2D eigenvalue weighted by Gasteiger charge is 2.11. The number of methoxy groups -OCH3 is 1. The predicted molar refractivity (Wildman–Crippen MR) is 90.2 cm³/mol. The summed E-state index contributed by atoms with van der Waals surface area (Å²) in [5, 5.41) is 6.85. The van der Waals surface area contributed by atoms with Gasteiger partial charge in [-0.15, -0.1) is 0 Å². The molecule has 0 atom stereocenters. The van der Waals surface area contributed by atoms with Gasteiger partial charge in [0.1, 0.15) is 5.75 Å². The molecular formula is C18H16FN3O3. The Bertz CT molecular complexity index is 879. The van der Waals surface area contributed by atoms with Crippen LogP contribution in [0.2, 0.25) is 0 Å². The minimum atomic E-state index is -0.453. The molecule has 0 aliphatic rings. The van der Waals surface area contributed by atoms with Crippen molar-refractivity contribution in [1.29, 1.82) is 0 Å². The first-order chi connectivity index (χ1) is 12.2. The zero-order chi connectivity index (χ0) is 17.6. The Kier molecular flexibility index (Phi) is 4.94. The van der Waals surface area contributed by atoms with E-state index in [1.807, 2.05) is 0 Å². The molecule has 6 nitrogen and oxygen atoms in total. The van der Waals surface area contributed by atoms with E-state index in [2.05, 4.69) is 10.4 Å². The van der Waals surface area contributed by atoms with Crippen molar-refractivity contribution in [2.24, 2.45) is 0 Å². The number of carbonyl (C=O) groups is 1. The normalized spacial score (nSPS) is 10.3. The zero-order valence-corrected chi connectivity index (χ0v) is 13.5. The Balaban J connectivity index is 1.62. The number of anilines is 1. The SMILES string of the molecule is COc1cccc(NC(=O)c2ccn(COc3ccccc3F)n2)c1. The number of carbonyl (C=O) groups excluding carboxylic acids is 1. The molecule has 1 N–H and O–H groups in total. The van der Waals surface area contributed by atoms with Gasteiger partial charge in [0.2, 0.25) is 0 Å². The van der Waals surface area contributed by atoms with Gasteiger partial charge in [0, 0.05) is 18.0 Å². The Morgan fingerprint density at radius 2 is 2.04 bits per heavy atom. The van der Waals surface area contributed by atoms with Crippen molar-refractivity contribution in [2.75, 3.05) is 12.4 Å². The number of halogens is 1. The smallest absolute Gasteiger partial charge is 0.276 e. The highest BCUT2D eigenvalue weighted by Crippen LogP contribution is 2.18. The van der Waals surface area contributed by atoms with Crippen LogP contribution in [0.15, 0.2) is 60.8 Å². The third-order valence-corrected chi connectivity index (χ3v) is 3.39. The Hall–Kier alpha value is -3.35. The molecule has 0 fully saturated rings. The third-order valence-electron chi connectivity index (χ3n) is 3.39. The van der Waals surface area contributed by atoms with Crippen LogP contribution in [-0.4, -0.2) is 22.8 Å². The molecule has 0 aliphatic heterocycles. The largest absolute Gasteiger partial charge is 0.497 e. The highest BCUT2D eigenvalue weighted by molar-refractivity contribution is 6.02. The van der Waals surface area contributed by atoms with Crippen LogP contribution in [0.1, 0.15) is 10.5 Å². The molecule has 1 heterocycles. The van der Waals surface area contributed by atoms with E-state index >= 15 is 0 Å². The van der Waals surface area contributed by atoms with Crippen molar-refractivity contribution >= 4 is 11.6 Å². The predicted octanol–water partition coefficient (Wildman–Crippen LogP) is 3.32. The Labute approximate surface area is 143 Å². The summed E-state index contributed by atoms with van der Waals surface area (Å²) < 4.78 is 25.4. The maximum atomic E-state index is 13.5. The number of para-hydroxylation sites is 1. The minimum Gasteiger partial charge on any atom is -0.497 e. The lowest BCUT2D eigenvalue weighted by atomic mass is 10.3. The van der Waals surface area contributed by atoms with Gasteiger partial charge in [0.25, 0.3) is 5.91 Å². The van der Waals surface area contributed by atoms with E-state index in [0.29, 0.717) is 11.4 Å². The van der Waals surface area contributed by atoms with Crippen LogP contribution in [0.4, 0.5) is 10.1 Å². The lowest BCUT2D eigenvalue weighted by molar-refractivity contribution is 0.102. The maximum absolute atomic E-state index is 13.5. The second-order valence-electron chi connectivity index (χ2n) is 5.13. The highest BCUT2D eigenvalue weighted by atomic mass is 19.1. The quantitative estimate of drug-likeness (QED) is 0.747. The first-order valence-electron chi connectivity index (χ1n) is 7.52. The van der Waals surface area contributed by atoms with Crippen LogP contribution in [-0.2, 0) is 6.73 Å². The van der Waals surface area contributed by atoms with Gasteiger partial charge < -0.3 is 14.8 Å². The molecule has 128 valence electrons. The molecule has 1 aromatic heterocycles. The zero-order valence-electron chi connectivity index (χ0n) is 13.5. The summed E-state index contributed by atoms with van der Waals surface area (Å²) in [5.41, 5.74) is 0.821. The van der Waals surface area contributed by atoms with Gasteiger partial charge in [-0.3, -0.25) is 4.79 Å². The number of hydrogen-bond donors (Lipinski definition) is 1. The summed E-state index contributed by atoms with van der Waals surface area (Å²) in [6.07, 6.45) is 1.58. The van der Waals surface area contributed by atoms with Crippen molar-refractivity contribution in [1.82, 2.24) is 9.78 Å². The standard InChI is InChI=1S/C18H16FN3O3/c1-24-14-6-4-5-13(11-14)20-18(23)16-9-10-22(21-16)12-25-17-8-3-2-7-15(17)19/h2-11H,12H2,1H3,(H,20,23). The number of nitrogens with zero attached hydrogens (tertiary/aromatic N) is 2. The summed E-state index contributed by atoms with van der Waals surface area (Å²) in [5.74, 6) is -0.0504. The van der Waals surface area contributed by atoms with Crippen LogP contribution in [0, 0.1) is 5.82 Å². The minimum absolute atomic E-state index is 0.00657. The molecule has 1 amide bonds. The second kappa shape index (κ2) is 7.48. The van der Waals surface area contributed by atoms with Crippen molar-refractivity contribution in [3.63, 3.8) is 0 Å². The summed E-state index contributed by atoms with van der Waals surface area (Å²) in [7, 11) is 1.55. The number of aromatic nitrogens is 2. The van der Waals surface area contributed by atoms with Gasteiger partial charge >= 0.3 is 0 Å². The molecule has 3 aromatic rings. The Morgan fingerprint density at radius 1 is 1.20 bits per heavy atom. The van der Waals surface area contributed by atoms with E-state index in [4.69, 9.17) is 9.47 Å². The lowest BCUT2D eigenvalue weighted by Crippen LogP contribution is -2.14. The monoisotopic (exact) mass is 341 g/mol. The number of ether oxygens (including phenoxy) is 2. The average Bonchev–Trinajstić information content (AvgIpc) is 3.10. The van der Waals surface area contributed by atoms with Crippen molar-refractivity contribution in [2.45, 2.75) is 6.73 Å². The molecule has 0 spiro atoms. The van der Waals surface area contributed by atoms with Gasteiger partial charge in [0.05, 0.1) is 7.11 Å². The molecule has 7 heteroatoms. The first kappa shape index (κ1) is 16.5. The molecule has 0 bridgehead atoms. The van der Waals surface area contributed by atoms with E-state index < -0.39 is 5.82 Å². The molecule has 0 aliphatic carbocycles. The number of amides is 1. The van der Waals surface area contributed by atoms with E-state index in [1.54, 1.807) is 55.8 Å². The number of benzene rings is 2. The fourth-order valence-electron chi connectivity index (χ4n) is 2.15. The van der Waals surface area contributed by atoms with Gasteiger partial charge in [0.15, 0.2) is 24.0 Å². The molecule has 2 aromatic carbocycles. The van der Waals surface area contributed by atoms with Gasteiger partial charge in [-0.2, -0.15) is 5.10 Å². The summed E-state index contributed by atoms with van der Waals surface area (Å²) in [6, 6.07) is 14.7. The number of hydrogen-bond acceptors (Lipinski definition) is 4. The fraction of sp³-hybridized carbons (Fsp3) is 0.111. The molecule has 0 saturated heterocycles. The van der Waals surface area contributed by atoms with Crippen molar-refractivity contribution in [3.05, 3.63) is 72.3 Å². The Morgan fingerprint density at radius 3 is 2.84 bits per heavy atom. The lowest BCUT2D eigenvalue weighted by Gasteiger charge is -2.07. The van der Waals surface area contributed by atoms with E-state index in [-0.39, 0.29) is 24.1 Å². The fourth-order valence-corrected chi connectivity index (χ4v) is 2.15. The van der Waals surface area contributed by atoms with Crippen LogP contribution in [0.5, 0.6) is 11.5 Å². The van der Waals surface area contributed by atoms with Crippen LogP contribution in [0.25, 0.3) is 0 Å². The molecule has 0 unspecified atom stereocenters. The van der Waals surface area contributed by atoms with Crippen molar-refractivity contribution < 1.29 is 18.7 Å². The third kappa shape index (κ3) is 4.14. The molecule has 0 radical (unpaired) electrons. The summed E-state index contributed by atoms with van der Waals surface area (Å²) in [6.45, 7) is -0.00657. The molecule has 3 rings (SSSR count). The van der Waals surface area contributed by atoms with E-state index in [1.165, 1.54) is 16.8 Å². The van der Waals surface area contributed by atoms with Crippen LogP contribution < -0.4 is 14.8 Å². The van der Waals surface area contributed by atoms with Crippen molar-refractivity contribution in [3.8, 4) is 11.5 Å². The van der Waals surface area contributed by atoms with Crippen LogP contribution in [0.3, 0.4) is 0 Å². The maximum Gasteiger partial charge on any atom is 0.276 e. The summed E-state index contributed by atoms with van der Waals surface area (Å²) >= 11 is 0. The molecule has 25 heavy (non-hydrogen) atoms. The van der Waals surface area contributed by atoms with Gasteiger partial charge in [-0.25, -0.2) is 9.07 Å². The first-order valence-corrected chi connectivity index (χ1v) is 7.52. The topological polar surface area (TPSA) is 65.4 Å². The molecular weight excluding hydrogens is 325 g/mol. The number of nitrogens with one attached hydrogen (secondary N) is 1.